The lowest BCUT2D eigenvalue weighted by Gasteiger charge is -2.40. The van der Waals surface area contributed by atoms with Crippen LogP contribution in [0.25, 0.3) is 0 Å². The van der Waals surface area contributed by atoms with Crippen LogP contribution in [0.5, 0.6) is 0 Å². The lowest BCUT2D eigenvalue weighted by Crippen LogP contribution is -2.63. The van der Waals surface area contributed by atoms with Crippen molar-refractivity contribution in [1.29, 1.82) is 0 Å². The second-order valence-electron chi connectivity index (χ2n) is 7.90. The van der Waals surface area contributed by atoms with Gasteiger partial charge in [0.05, 0.1) is 11.5 Å². The van der Waals surface area contributed by atoms with Gasteiger partial charge in [0, 0.05) is 0 Å². The maximum Gasteiger partial charge on any atom is 0.461 e. The Labute approximate surface area is 170 Å². The van der Waals surface area contributed by atoms with Crippen molar-refractivity contribution in [3.05, 3.63) is 0 Å². The Morgan fingerprint density at radius 1 is 1.07 bits per heavy atom. The van der Waals surface area contributed by atoms with Crippen molar-refractivity contribution in [3.63, 3.8) is 0 Å². The van der Waals surface area contributed by atoms with E-state index in [0.29, 0.717) is 12.8 Å². The number of aliphatic hydroxyl groups excluding tert-OH is 1. The summed E-state index contributed by atoms with van der Waals surface area (Å²) in [7, 11) is -6.17. The predicted molar refractivity (Wildman–Crippen MR) is 90.7 cm³/mol. The topological polar surface area (TPSA) is 119 Å². The molecule has 1 aliphatic carbocycles. The number of aliphatic hydroxyl groups is 1. The van der Waals surface area contributed by atoms with Crippen LogP contribution in [0.2, 0.25) is 0 Å². The number of hydrogen-bond acceptors (Lipinski definition) is 7. The van der Waals surface area contributed by atoms with E-state index in [9.17, 15) is 40.3 Å². The normalized spacial score (nSPS) is 20.5. The van der Waals surface area contributed by atoms with Crippen molar-refractivity contribution in [3.8, 4) is 0 Å². The zero-order valence-corrected chi connectivity index (χ0v) is 17.4. The van der Waals surface area contributed by atoms with E-state index in [0.717, 1.165) is 6.42 Å². The molecule has 0 spiro atoms. The molecule has 0 aliphatic heterocycles. The molecule has 0 bridgehead atoms. The summed E-state index contributed by atoms with van der Waals surface area (Å²) in [5, 5.41) is 4.88. The molecule has 14 heteroatoms. The van der Waals surface area contributed by atoms with Crippen molar-refractivity contribution in [2.75, 3.05) is 6.61 Å². The second kappa shape index (κ2) is 9.18. The largest absolute Gasteiger partial charge is 0.461 e. The molecule has 1 saturated carbocycles. The average molecular weight is 472 g/mol. The van der Waals surface area contributed by atoms with Gasteiger partial charge in [0.25, 0.3) is 0 Å². The standard InChI is InChI=1S/C16H25F5O8S/c1-13(2,3)29-12(23)15(16(19,20)21,27-9-14(17,18)30(24,25)26)28-11(22)10-7-5-4-6-8-10/h10,12,23H,4-9H2,1-3H3,(H,24,25,26). The van der Waals surface area contributed by atoms with Gasteiger partial charge in [0.2, 0.25) is 6.29 Å². The summed E-state index contributed by atoms with van der Waals surface area (Å²) in [5.41, 5.74) is -1.48. The Morgan fingerprint density at radius 3 is 1.97 bits per heavy atom. The molecule has 0 heterocycles. The van der Waals surface area contributed by atoms with E-state index in [1.807, 2.05) is 0 Å². The number of carbonyl (C=O) groups is 1. The molecule has 1 fully saturated rings. The molecule has 2 N–H and O–H groups in total. The first kappa shape index (κ1) is 26.9. The van der Waals surface area contributed by atoms with E-state index in [1.165, 1.54) is 20.8 Å². The fourth-order valence-electron chi connectivity index (χ4n) is 2.68. The van der Waals surface area contributed by atoms with Gasteiger partial charge < -0.3 is 19.3 Å². The highest BCUT2D eigenvalue weighted by molar-refractivity contribution is 7.86. The second-order valence-corrected chi connectivity index (χ2v) is 9.45. The van der Waals surface area contributed by atoms with E-state index >= 15 is 0 Å². The molecule has 1 rings (SSSR count). The maximum atomic E-state index is 13.9. The van der Waals surface area contributed by atoms with Gasteiger partial charge >= 0.3 is 33.3 Å². The summed E-state index contributed by atoms with van der Waals surface area (Å²) in [6.07, 6.45) is -6.86. The summed E-state index contributed by atoms with van der Waals surface area (Å²) in [5.74, 6) is -6.95. The first-order valence-electron chi connectivity index (χ1n) is 8.97. The van der Waals surface area contributed by atoms with Gasteiger partial charge in [-0.3, -0.25) is 9.35 Å². The number of esters is 1. The van der Waals surface area contributed by atoms with Crippen molar-refractivity contribution in [1.82, 2.24) is 0 Å². The van der Waals surface area contributed by atoms with Gasteiger partial charge in [-0.1, -0.05) is 19.3 Å². The molecule has 0 saturated heterocycles. The molecule has 0 aromatic carbocycles. The van der Waals surface area contributed by atoms with E-state index in [2.05, 4.69) is 9.47 Å². The predicted octanol–water partition coefficient (Wildman–Crippen LogP) is 3.00. The van der Waals surface area contributed by atoms with Crippen LogP contribution in [0.15, 0.2) is 0 Å². The zero-order chi connectivity index (χ0) is 23.6. The summed E-state index contributed by atoms with van der Waals surface area (Å²) >= 11 is 0. The lowest BCUT2D eigenvalue weighted by molar-refractivity contribution is -0.439. The monoisotopic (exact) mass is 472 g/mol. The summed E-state index contributed by atoms with van der Waals surface area (Å²) in [4.78, 5) is 12.3. The Kier molecular flexibility index (Phi) is 8.25. The van der Waals surface area contributed by atoms with Gasteiger partial charge in [-0.2, -0.15) is 30.4 Å². The van der Waals surface area contributed by atoms with Gasteiger partial charge in [0.15, 0.2) is 0 Å². The highest BCUT2D eigenvalue weighted by Crippen LogP contribution is 2.42. The summed E-state index contributed by atoms with van der Waals surface area (Å²) in [6.45, 7) is 1.07. The van der Waals surface area contributed by atoms with Crippen LogP contribution in [-0.2, 0) is 29.1 Å². The van der Waals surface area contributed by atoms with Gasteiger partial charge in [-0.25, -0.2) is 0 Å². The quantitative estimate of drug-likeness (QED) is 0.240. The third-order valence-corrected chi connectivity index (χ3v) is 5.08. The first-order chi connectivity index (χ1) is 13.3. The highest BCUT2D eigenvalue weighted by atomic mass is 32.2. The van der Waals surface area contributed by atoms with Gasteiger partial charge in [0.1, 0.15) is 6.61 Å². The number of rotatable bonds is 8. The molecular formula is C16H25F5O8S. The Balaban J connectivity index is 3.35. The van der Waals surface area contributed by atoms with Crippen LogP contribution in [-0.4, -0.2) is 59.8 Å². The fourth-order valence-corrected chi connectivity index (χ4v) is 2.89. The van der Waals surface area contributed by atoms with Crippen LogP contribution < -0.4 is 0 Å². The SMILES string of the molecule is CC(C)(C)OC(O)C(OCC(F)(F)S(=O)(=O)O)(OC(=O)C1CCCCC1)C(F)(F)F. The Hall–Kier alpha value is -1.09. The lowest BCUT2D eigenvalue weighted by atomic mass is 9.89. The molecule has 30 heavy (non-hydrogen) atoms. The minimum Gasteiger partial charge on any atom is -0.418 e. The van der Waals surface area contributed by atoms with Crippen molar-refractivity contribution >= 4 is 16.1 Å². The Morgan fingerprint density at radius 2 is 1.57 bits per heavy atom. The fraction of sp³-hybridized carbons (Fsp3) is 0.938. The number of alkyl halides is 5. The van der Waals surface area contributed by atoms with Crippen LogP contribution in [0, 0.1) is 5.92 Å². The van der Waals surface area contributed by atoms with Crippen LogP contribution in [0.1, 0.15) is 52.9 Å². The minimum absolute atomic E-state index is 0.171. The molecule has 8 nitrogen and oxygen atoms in total. The molecular weight excluding hydrogens is 447 g/mol. The van der Waals surface area contributed by atoms with Crippen molar-refractivity contribution in [2.45, 2.75) is 82.0 Å². The molecule has 178 valence electrons. The first-order valence-corrected chi connectivity index (χ1v) is 10.4. The highest BCUT2D eigenvalue weighted by Gasteiger charge is 2.68. The number of ether oxygens (including phenoxy) is 3. The Bertz CT molecular complexity index is 697. The third-order valence-electron chi connectivity index (χ3n) is 4.21. The van der Waals surface area contributed by atoms with E-state index in [1.54, 1.807) is 0 Å². The molecule has 0 radical (unpaired) electrons. The van der Waals surface area contributed by atoms with E-state index in [4.69, 9.17) is 9.29 Å². The number of hydrogen-bond donors (Lipinski definition) is 2. The molecule has 2 unspecified atom stereocenters. The third kappa shape index (κ3) is 6.70. The van der Waals surface area contributed by atoms with Crippen LogP contribution >= 0.6 is 0 Å². The van der Waals surface area contributed by atoms with Crippen molar-refractivity contribution < 1.29 is 59.0 Å². The van der Waals surface area contributed by atoms with Crippen molar-refractivity contribution in [2.24, 2.45) is 5.92 Å². The molecule has 0 aromatic rings. The molecule has 2 atom stereocenters. The summed E-state index contributed by atoms with van der Waals surface area (Å²) < 4.78 is 112. The number of halogens is 5. The maximum absolute atomic E-state index is 13.9. The number of carbonyl (C=O) groups excluding carboxylic acids is 1. The zero-order valence-electron chi connectivity index (χ0n) is 16.5. The van der Waals surface area contributed by atoms with E-state index in [-0.39, 0.29) is 12.8 Å². The molecule has 1 aliphatic rings. The van der Waals surface area contributed by atoms with Crippen LogP contribution in [0.3, 0.4) is 0 Å². The molecule has 0 aromatic heterocycles. The molecule has 0 amide bonds. The smallest absolute Gasteiger partial charge is 0.418 e. The summed E-state index contributed by atoms with van der Waals surface area (Å²) in [6, 6.07) is 0. The van der Waals surface area contributed by atoms with Gasteiger partial charge in [-0.05, 0) is 33.6 Å². The van der Waals surface area contributed by atoms with Gasteiger partial charge in [-0.15, -0.1) is 0 Å². The average Bonchev–Trinajstić information content (AvgIpc) is 2.55. The van der Waals surface area contributed by atoms with E-state index < -0.39 is 57.7 Å². The minimum atomic E-state index is -6.17. The van der Waals surface area contributed by atoms with Crippen LogP contribution in [0.4, 0.5) is 22.0 Å².